The topological polar surface area (TPSA) is 41.6 Å². The number of fused-ring (bicyclic) bond motifs is 2. The Kier molecular flexibility index (Phi) is 4.61. The molecule has 3 aliphatic heterocycles. The van der Waals surface area contributed by atoms with E-state index in [2.05, 4.69) is 17.1 Å². The maximum Gasteiger partial charge on any atom is 0.226 e. The summed E-state index contributed by atoms with van der Waals surface area (Å²) in [6, 6.07) is 1.78. The highest BCUT2D eigenvalue weighted by molar-refractivity contribution is 5.79. The van der Waals surface area contributed by atoms with Gasteiger partial charge in [-0.25, -0.2) is 0 Å². The minimum atomic E-state index is 0.211. The van der Waals surface area contributed by atoms with Crippen LogP contribution in [0.3, 0.4) is 0 Å². The Morgan fingerprint density at radius 1 is 1.15 bits per heavy atom. The molecule has 0 saturated carbocycles. The molecule has 1 amide bonds. The summed E-state index contributed by atoms with van der Waals surface area (Å²) in [6.07, 6.45) is 7.80. The van der Waals surface area contributed by atoms with Crippen LogP contribution in [0.25, 0.3) is 0 Å². The molecule has 20 heavy (non-hydrogen) atoms. The number of nitrogens with zero attached hydrogens (tertiary/aromatic N) is 1. The summed E-state index contributed by atoms with van der Waals surface area (Å²) in [4.78, 5) is 15.1. The summed E-state index contributed by atoms with van der Waals surface area (Å²) in [5, 5.41) is 3.68. The SMILES string of the molecule is CCCN(C(=O)C1CCOCC1)C1CC2CCC(C1)N2. The molecule has 114 valence electrons. The van der Waals surface area contributed by atoms with Gasteiger partial charge in [0.2, 0.25) is 5.91 Å². The molecule has 1 N–H and O–H groups in total. The Morgan fingerprint density at radius 3 is 2.40 bits per heavy atom. The number of ether oxygens (including phenoxy) is 1. The average Bonchev–Trinajstić information content (AvgIpc) is 2.83. The first-order valence-corrected chi connectivity index (χ1v) is 8.42. The fourth-order valence-corrected chi connectivity index (χ4v) is 4.17. The van der Waals surface area contributed by atoms with Crippen molar-refractivity contribution < 1.29 is 9.53 Å². The molecule has 4 heteroatoms. The van der Waals surface area contributed by atoms with Gasteiger partial charge in [-0.15, -0.1) is 0 Å². The Hall–Kier alpha value is -0.610. The van der Waals surface area contributed by atoms with Gasteiger partial charge in [0.1, 0.15) is 0 Å². The molecule has 0 spiro atoms. The summed E-state index contributed by atoms with van der Waals surface area (Å²) < 4.78 is 5.40. The molecule has 0 aromatic carbocycles. The average molecular weight is 280 g/mol. The van der Waals surface area contributed by atoms with Crippen LogP contribution >= 0.6 is 0 Å². The molecule has 0 aromatic rings. The van der Waals surface area contributed by atoms with Crippen molar-refractivity contribution in [3.05, 3.63) is 0 Å². The van der Waals surface area contributed by atoms with E-state index in [1.165, 1.54) is 12.8 Å². The lowest BCUT2D eigenvalue weighted by Crippen LogP contribution is -2.52. The van der Waals surface area contributed by atoms with Crippen molar-refractivity contribution in [1.82, 2.24) is 10.2 Å². The van der Waals surface area contributed by atoms with Crippen LogP contribution in [0.4, 0.5) is 0 Å². The van der Waals surface area contributed by atoms with E-state index in [-0.39, 0.29) is 5.92 Å². The second-order valence-corrected chi connectivity index (χ2v) is 6.68. The second kappa shape index (κ2) is 6.44. The first-order chi connectivity index (χ1) is 9.78. The van der Waals surface area contributed by atoms with Crippen molar-refractivity contribution in [2.75, 3.05) is 19.8 Å². The molecule has 3 rings (SSSR count). The predicted molar refractivity (Wildman–Crippen MR) is 78.5 cm³/mol. The van der Waals surface area contributed by atoms with Crippen molar-refractivity contribution in [2.45, 2.75) is 70.0 Å². The fraction of sp³-hybridized carbons (Fsp3) is 0.938. The molecule has 2 bridgehead atoms. The van der Waals surface area contributed by atoms with Crippen LogP contribution < -0.4 is 5.32 Å². The van der Waals surface area contributed by atoms with Crippen molar-refractivity contribution in [1.29, 1.82) is 0 Å². The lowest BCUT2D eigenvalue weighted by atomic mass is 9.93. The Labute approximate surface area is 122 Å². The first-order valence-electron chi connectivity index (χ1n) is 8.42. The summed E-state index contributed by atoms with van der Waals surface area (Å²) in [7, 11) is 0. The summed E-state index contributed by atoms with van der Waals surface area (Å²) in [5.74, 6) is 0.615. The maximum atomic E-state index is 12.9. The number of nitrogens with one attached hydrogen (secondary N) is 1. The zero-order valence-corrected chi connectivity index (χ0v) is 12.6. The van der Waals surface area contributed by atoms with Gasteiger partial charge < -0.3 is 15.0 Å². The maximum absolute atomic E-state index is 12.9. The summed E-state index contributed by atoms with van der Waals surface area (Å²) >= 11 is 0. The number of piperidine rings is 1. The van der Waals surface area contributed by atoms with E-state index < -0.39 is 0 Å². The molecular formula is C16H28N2O2. The third-order valence-corrected chi connectivity index (χ3v) is 5.21. The van der Waals surface area contributed by atoms with E-state index in [1.54, 1.807) is 0 Å². The van der Waals surface area contributed by atoms with E-state index >= 15 is 0 Å². The van der Waals surface area contributed by atoms with Gasteiger partial charge in [-0.2, -0.15) is 0 Å². The second-order valence-electron chi connectivity index (χ2n) is 6.68. The van der Waals surface area contributed by atoms with E-state index in [0.29, 0.717) is 24.0 Å². The van der Waals surface area contributed by atoms with Gasteiger partial charge >= 0.3 is 0 Å². The molecule has 3 saturated heterocycles. The molecule has 0 radical (unpaired) electrons. The monoisotopic (exact) mass is 280 g/mol. The van der Waals surface area contributed by atoms with Gasteiger partial charge in [0.25, 0.3) is 0 Å². The van der Waals surface area contributed by atoms with E-state index in [0.717, 1.165) is 51.9 Å². The minimum Gasteiger partial charge on any atom is -0.381 e. The molecule has 3 fully saturated rings. The zero-order chi connectivity index (χ0) is 13.9. The van der Waals surface area contributed by atoms with Crippen molar-refractivity contribution in [3.63, 3.8) is 0 Å². The fourth-order valence-electron chi connectivity index (χ4n) is 4.17. The van der Waals surface area contributed by atoms with Gasteiger partial charge in [0.15, 0.2) is 0 Å². The van der Waals surface area contributed by atoms with Crippen LogP contribution in [0, 0.1) is 5.92 Å². The standard InChI is InChI=1S/C16H28N2O2/c1-2-7-18(16(19)12-5-8-20-9-6-12)15-10-13-3-4-14(11-15)17-13/h12-15,17H,2-11H2,1H3. The van der Waals surface area contributed by atoms with Crippen molar-refractivity contribution in [2.24, 2.45) is 5.92 Å². The van der Waals surface area contributed by atoms with Crippen molar-refractivity contribution in [3.8, 4) is 0 Å². The number of carbonyl (C=O) groups is 1. The number of hydrogen-bond donors (Lipinski definition) is 1. The van der Waals surface area contributed by atoms with Gasteiger partial charge in [0.05, 0.1) is 0 Å². The smallest absolute Gasteiger partial charge is 0.226 e. The van der Waals surface area contributed by atoms with Gasteiger partial charge in [-0.05, 0) is 44.9 Å². The Balaban J connectivity index is 1.66. The molecule has 3 aliphatic rings. The molecular weight excluding hydrogens is 252 g/mol. The lowest BCUT2D eigenvalue weighted by Gasteiger charge is -2.40. The highest BCUT2D eigenvalue weighted by Gasteiger charge is 2.38. The molecule has 4 nitrogen and oxygen atoms in total. The lowest BCUT2D eigenvalue weighted by molar-refractivity contribution is -0.141. The molecule has 2 atom stereocenters. The largest absolute Gasteiger partial charge is 0.381 e. The summed E-state index contributed by atoms with van der Waals surface area (Å²) in [5.41, 5.74) is 0. The van der Waals surface area contributed by atoms with Gasteiger partial charge in [-0.3, -0.25) is 4.79 Å². The van der Waals surface area contributed by atoms with E-state index in [1.807, 2.05) is 0 Å². The normalized spacial score (nSPS) is 34.1. The van der Waals surface area contributed by atoms with Gasteiger partial charge in [0, 0.05) is 43.8 Å². The highest BCUT2D eigenvalue weighted by Crippen LogP contribution is 2.31. The summed E-state index contributed by atoms with van der Waals surface area (Å²) in [6.45, 7) is 4.63. The molecule has 0 aliphatic carbocycles. The van der Waals surface area contributed by atoms with Crippen LogP contribution in [-0.2, 0) is 9.53 Å². The third-order valence-electron chi connectivity index (χ3n) is 5.21. The quantitative estimate of drug-likeness (QED) is 0.855. The Morgan fingerprint density at radius 2 is 1.80 bits per heavy atom. The van der Waals surface area contributed by atoms with Crippen LogP contribution in [0.1, 0.15) is 51.9 Å². The molecule has 2 unspecified atom stereocenters. The van der Waals surface area contributed by atoms with Crippen LogP contribution in [-0.4, -0.2) is 48.7 Å². The van der Waals surface area contributed by atoms with Crippen LogP contribution in [0.2, 0.25) is 0 Å². The predicted octanol–water partition coefficient (Wildman–Crippen LogP) is 1.93. The first kappa shape index (κ1) is 14.3. The number of rotatable bonds is 4. The minimum absolute atomic E-state index is 0.211. The van der Waals surface area contributed by atoms with E-state index in [4.69, 9.17) is 4.74 Å². The number of carbonyl (C=O) groups excluding carboxylic acids is 1. The zero-order valence-electron chi connectivity index (χ0n) is 12.6. The van der Waals surface area contributed by atoms with Crippen LogP contribution in [0.15, 0.2) is 0 Å². The van der Waals surface area contributed by atoms with Gasteiger partial charge in [-0.1, -0.05) is 6.92 Å². The molecule has 3 heterocycles. The highest BCUT2D eigenvalue weighted by atomic mass is 16.5. The number of hydrogen-bond acceptors (Lipinski definition) is 3. The number of amides is 1. The Bertz CT molecular complexity index is 329. The third kappa shape index (κ3) is 3.01. The molecule has 0 aromatic heterocycles. The van der Waals surface area contributed by atoms with Crippen molar-refractivity contribution >= 4 is 5.91 Å². The van der Waals surface area contributed by atoms with E-state index in [9.17, 15) is 4.79 Å². The van der Waals surface area contributed by atoms with Crippen LogP contribution in [0.5, 0.6) is 0 Å².